The largest absolute Gasteiger partial charge is 0.481 e. The zero-order valence-electron chi connectivity index (χ0n) is 12.4. The Labute approximate surface area is 119 Å². The number of amides is 2. The predicted octanol–water partition coefficient (Wildman–Crippen LogP) is 0.262. The average molecular weight is 290 g/mol. The van der Waals surface area contributed by atoms with Crippen LogP contribution in [0.4, 0.5) is 4.79 Å². The lowest BCUT2D eigenvalue weighted by Gasteiger charge is -2.29. The average Bonchev–Trinajstić information content (AvgIpc) is 2.25. The van der Waals surface area contributed by atoms with Crippen LogP contribution in [0.25, 0.3) is 0 Å². The van der Waals surface area contributed by atoms with Crippen molar-refractivity contribution in [1.82, 2.24) is 10.2 Å². The molecule has 7 nitrogen and oxygen atoms in total. The number of hydrogen-bond acceptors (Lipinski definition) is 4. The van der Waals surface area contributed by atoms with Gasteiger partial charge in [0.15, 0.2) is 0 Å². The van der Waals surface area contributed by atoms with E-state index in [1.807, 2.05) is 20.8 Å². The second-order valence-electron chi connectivity index (χ2n) is 5.94. The third-order valence-electron chi connectivity index (χ3n) is 2.63. The first-order valence-corrected chi connectivity index (χ1v) is 6.68. The summed E-state index contributed by atoms with van der Waals surface area (Å²) in [6, 6.07) is -0.955. The van der Waals surface area contributed by atoms with Crippen molar-refractivity contribution in [2.24, 2.45) is 5.41 Å². The Morgan fingerprint density at radius 2 is 1.65 bits per heavy atom. The number of carbonyl (C=O) groups excluding carboxylic acids is 1. The molecule has 0 radical (unpaired) electrons. The van der Waals surface area contributed by atoms with E-state index in [4.69, 9.17) is 15.3 Å². The van der Waals surface area contributed by atoms with Crippen molar-refractivity contribution in [3.8, 4) is 0 Å². The molecule has 0 aliphatic rings. The van der Waals surface area contributed by atoms with Crippen molar-refractivity contribution >= 4 is 12.0 Å². The molecule has 0 fully saturated rings. The van der Waals surface area contributed by atoms with Gasteiger partial charge in [-0.2, -0.15) is 0 Å². The Morgan fingerprint density at radius 3 is 2.00 bits per heavy atom. The molecule has 7 heteroatoms. The van der Waals surface area contributed by atoms with Gasteiger partial charge in [0, 0.05) is 19.1 Å². The number of aliphatic hydroxyl groups is 2. The highest BCUT2D eigenvalue weighted by atomic mass is 16.4. The summed E-state index contributed by atoms with van der Waals surface area (Å²) < 4.78 is 0. The molecule has 0 aromatic carbocycles. The number of carbonyl (C=O) groups is 2. The molecule has 0 heterocycles. The summed E-state index contributed by atoms with van der Waals surface area (Å²) >= 11 is 0. The molecule has 4 N–H and O–H groups in total. The van der Waals surface area contributed by atoms with Crippen molar-refractivity contribution in [2.75, 3.05) is 26.3 Å². The van der Waals surface area contributed by atoms with Crippen molar-refractivity contribution < 1.29 is 24.9 Å². The smallest absolute Gasteiger partial charge is 0.317 e. The van der Waals surface area contributed by atoms with E-state index in [9.17, 15) is 9.59 Å². The van der Waals surface area contributed by atoms with Crippen LogP contribution in [0.5, 0.6) is 0 Å². The number of carboxylic acids is 1. The Kier molecular flexibility index (Phi) is 8.17. The van der Waals surface area contributed by atoms with E-state index in [1.54, 1.807) is 0 Å². The van der Waals surface area contributed by atoms with Gasteiger partial charge in [-0.3, -0.25) is 4.79 Å². The topological polar surface area (TPSA) is 110 Å². The van der Waals surface area contributed by atoms with E-state index in [-0.39, 0.29) is 38.1 Å². The van der Waals surface area contributed by atoms with E-state index in [1.165, 1.54) is 4.90 Å². The molecule has 1 atom stereocenters. The molecule has 0 rings (SSSR count). The molecule has 0 aliphatic heterocycles. The van der Waals surface area contributed by atoms with E-state index >= 15 is 0 Å². The zero-order valence-corrected chi connectivity index (χ0v) is 12.4. The Morgan fingerprint density at radius 1 is 1.15 bits per heavy atom. The van der Waals surface area contributed by atoms with Crippen LogP contribution in [0, 0.1) is 5.41 Å². The fourth-order valence-electron chi connectivity index (χ4n) is 1.95. The summed E-state index contributed by atoms with van der Waals surface area (Å²) in [4.78, 5) is 24.1. The highest BCUT2D eigenvalue weighted by Gasteiger charge is 2.24. The van der Waals surface area contributed by atoms with Gasteiger partial charge in [0.05, 0.1) is 19.6 Å². The molecule has 0 saturated heterocycles. The van der Waals surface area contributed by atoms with Crippen LogP contribution in [0.1, 0.15) is 33.6 Å². The van der Waals surface area contributed by atoms with Crippen molar-refractivity contribution in [3.05, 3.63) is 0 Å². The van der Waals surface area contributed by atoms with E-state index in [0.717, 1.165) is 0 Å². The molecule has 20 heavy (non-hydrogen) atoms. The molecular formula is C13H26N2O5. The fourth-order valence-corrected chi connectivity index (χ4v) is 1.95. The van der Waals surface area contributed by atoms with Gasteiger partial charge in [-0.15, -0.1) is 0 Å². The zero-order chi connectivity index (χ0) is 15.8. The van der Waals surface area contributed by atoms with Crippen LogP contribution >= 0.6 is 0 Å². The van der Waals surface area contributed by atoms with Crippen LogP contribution in [0.2, 0.25) is 0 Å². The normalized spacial score (nSPS) is 12.8. The lowest BCUT2D eigenvalue weighted by atomic mass is 9.87. The quantitative estimate of drug-likeness (QED) is 0.512. The number of hydrogen-bond donors (Lipinski definition) is 4. The SMILES string of the molecule is CC(C)(C)CC(CC(=O)O)NC(=O)N(CCO)CCO. The van der Waals surface area contributed by atoms with Gasteiger partial charge in [0.25, 0.3) is 0 Å². The first kappa shape index (κ1) is 18.7. The number of rotatable bonds is 8. The van der Waals surface area contributed by atoms with Crippen LogP contribution in [0.15, 0.2) is 0 Å². The standard InChI is InChI=1S/C13H26N2O5/c1-13(2,3)9-10(8-11(18)19)14-12(20)15(4-6-16)5-7-17/h10,16-17H,4-9H2,1-3H3,(H,14,20)(H,18,19). The maximum absolute atomic E-state index is 12.0. The molecule has 0 saturated carbocycles. The predicted molar refractivity (Wildman–Crippen MR) is 74.4 cm³/mol. The van der Waals surface area contributed by atoms with Gasteiger partial charge in [-0.05, 0) is 11.8 Å². The summed E-state index contributed by atoms with van der Waals surface area (Å²) in [7, 11) is 0. The minimum atomic E-state index is -0.976. The molecule has 2 amide bonds. The van der Waals surface area contributed by atoms with Gasteiger partial charge in [0.2, 0.25) is 0 Å². The fraction of sp³-hybridized carbons (Fsp3) is 0.846. The number of aliphatic hydroxyl groups excluding tert-OH is 2. The van der Waals surface area contributed by atoms with Crippen LogP contribution in [-0.4, -0.2) is 64.6 Å². The number of nitrogens with zero attached hydrogens (tertiary/aromatic N) is 1. The number of urea groups is 1. The molecule has 118 valence electrons. The summed E-state index contributed by atoms with van der Waals surface area (Å²) in [5.41, 5.74) is -0.119. The van der Waals surface area contributed by atoms with Crippen molar-refractivity contribution in [3.63, 3.8) is 0 Å². The Bertz CT molecular complexity index is 308. The van der Waals surface area contributed by atoms with Crippen LogP contribution in [0.3, 0.4) is 0 Å². The third-order valence-corrected chi connectivity index (χ3v) is 2.63. The van der Waals surface area contributed by atoms with E-state index in [0.29, 0.717) is 6.42 Å². The van der Waals surface area contributed by atoms with Gasteiger partial charge >= 0.3 is 12.0 Å². The van der Waals surface area contributed by atoms with Crippen molar-refractivity contribution in [1.29, 1.82) is 0 Å². The second kappa shape index (κ2) is 8.76. The Balaban J connectivity index is 4.67. The number of carboxylic acid groups (broad SMARTS) is 1. The van der Waals surface area contributed by atoms with Gasteiger partial charge in [-0.1, -0.05) is 20.8 Å². The minimum absolute atomic E-state index is 0.0989. The van der Waals surface area contributed by atoms with Gasteiger partial charge < -0.3 is 25.5 Å². The second-order valence-corrected chi connectivity index (χ2v) is 5.94. The molecule has 0 aromatic heterocycles. The van der Waals surface area contributed by atoms with E-state index < -0.39 is 18.0 Å². The van der Waals surface area contributed by atoms with E-state index in [2.05, 4.69) is 5.32 Å². The Hall–Kier alpha value is -1.34. The number of aliphatic carboxylic acids is 1. The molecular weight excluding hydrogens is 264 g/mol. The highest BCUT2D eigenvalue weighted by Crippen LogP contribution is 2.22. The third kappa shape index (κ3) is 8.71. The van der Waals surface area contributed by atoms with Crippen LogP contribution < -0.4 is 5.32 Å². The first-order valence-electron chi connectivity index (χ1n) is 6.68. The van der Waals surface area contributed by atoms with Gasteiger partial charge in [-0.25, -0.2) is 4.79 Å². The summed E-state index contributed by atoms with van der Waals surface area (Å²) in [6.45, 7) is 5.67. The minimum Gasteiger partial charge on any atom is -0.481 e. The summed E-state index contributed by atoms with van der Waals surface area (Å²) in [5.74, 6) is -0.976. The molecule has 0 aliphatic carbocycles. The maximum Gasteiger partial charge on any atom is 0.317 e. The lowest BCUT2D eigenvalue weighted by Crippen LogP contribution is -2.48. The van der Waals surface area contributed by atoms with Gasteiger partial charge in [0.1, 0.15) is 0 Å². The van der Waals surface area contributed by atoms with Crippen LogP contribution in [-0.2, 0) is 4.79 Å². The summed E-state index contributed by atoms with van der Waals surface area (Å²) in [5, 5.41) is 29.3. The molecule has 0 spiro atoms. The monoisotopic (exact) mass is 290 g/mol. The maximum atomic E-state index is 12.0. The number of nitrogens with one attached hydrogen (secondary N) is 1. The first-order chi connectivity index (χ1) is 9.19. The lowest BCUT2D eigenvalue weighted by molar-refractivity contribution is -0.137. The summed E-state index contributed by atoms with van der Waals surface area (Å²) in [6.07, 6.45) is 0.367. The van der Waals surface area contributed by atoms with Crippen molar-refractivity contribution in [2.45, 2.75) is 39.7 Å². The molecule has 1 unspecified atom stereocenters. The molecule has 0 bridgehead atoms. The highest BCUT2D eigenvalue weighted by molar-refractivity contribution is 5.76. The molecule has 0 aromatic rings.